The largest absolute Gasteiger partial charge is 0.493 e. The second kappa shape index (κ2) is 7.62. The molecule has 1 aromatic heterocycles. The molecule has 0 aliphatic carbocycles. The standard InChI is InChI=1S/C14H20N4O2/c15-11-13-14(18(17-16-13)8-4-9-19)7-10-20-12-5-2-1-3-6-12/h1-3,5-6,19H,4,7-11,15H2. The molecule has 3 N–H and O–H groups in total. The third-order valence-electron chi connectivity index (χ3n) is 2.99. The Labute approximate surface area is 118 Å². The lowest BCUT2D eigenvalue weighted by molar-refractivity contribution is 0.273. The Hall–Kier alpha value is -1.92. The summed E-state index contributed by atoms with van der Waals surface area (Å²) in [7, 11) is 0. The highest BCUT2D eigenvalue weighted by molar-refractivity contribution is 5.21. The van der Waals surface area contributed by atoms with Gasteiger partial charge in [-0.05, 0) is 18.6 Å². The Morgan fingerprint density at radius 2 is 2.05 bits per heavy atom. The maximum atomic E-state index is 8.90. The molecule has 1 heterocycles. The summed E-state index contributed by atoms with van der Waals surface area (Å²) in [6, 6.07) is 9.67. The number of ether oxygens (including phenoxy) is 1. The van der Waals surface area contributed by atoms with Crippen molar-refractivity contribution in [3.05, 3.63) is 41.7 Å². The summed E-state index contributed by atoms with van der Waals surface area (Å²) in [5, 5.41) is 17.0. The van der Waals surface area contributed by atoms with E-state index in [0.29, 0.717) is 32.5 Å². The van der Waals surface area contributed by atoms with Crippen molar-refractivity contribution >= 4 is 0 Å². The van der Waals surface area contributed by atoms with Crippen LogP contribution in [-0.2, 0) is 19.5 Å². The molecule has 1 aromatic carbocycles. The van der Waals surface area contributed by atoms with Gasteiger partial charge in [0.25, 0.3) is 0 Å². The number of rotatable bonds is 8. The fourth-order valence-corrected chi connectivity index (χ4v) is 1.98. The third-order valence-corrected chi connectivity index (χ3v) is 2.99. The molecule has 0 aliphatic rings. The molecule has 0 saturated heterocycles. The van der Waals surface area contributed by atoms with E-state index in [4.69, 9.17) is 15.6 Å². The van der Waals surface area contributed by atoms with Crippen molar-refractivity contribution in [3.8, 4) is 5.75 Å². The number of aliphatic hydroxyl groups is 1. The van der Waals surface area contributed by atoms with Crippen molar-refractivity contribution in [2.24, 2.45) is 5.73 Å². The second-order valence-electron chi connectivity index (χ2n) is 4.40. The number of nitrogens with zero attached hydrogens (tertiary/aromatic N) is 3. The molecule has 2 rings (SSSR count). The van der Waals surface area contributed by atoms with Crippen LogP contribution < -0.4 is 10.5 Å². The van der Waals surface area contributed by atoms with Crippen LogP contribution in [0.25, 0.3) is 0 Å². The summed E-state index contributed by atoms with van der Waals surface area (Å²) in [6.45, 7) is 1.69. The Morgan fingerprint density at radius 1 is 1.25 bits per heavy atom. The zero-order valence-electron chi connectivity index (χ0n) is 11.4. The van der Waals surface area contributed by atoms with Gasteiger partial charge in [-0.25, -0.2) is 4.68 Å². The fourth-order valence-electron chi connectivity index (χ4n) is 1.98. The minimum Gasteiger partial charge on any atom is -0.493 e. The van der Waals surface area contributed by atoms with Gasteiger partial charge in [0.2, 0.25) is 0 Å². The molecule has 6 heteroatoms. The van der Waals surface area contributed by atoms with Gasteiger partial charge in [0.1, 0.15) is 5.75 Å². The lowest BCUT2D eigenvalue weighted by atomic mass is 10.2. The van der Waals surface area contributed by atoms with Crippen molar-refractivity contribution in [3.63, 3.8) is 0 Å². The number of benzene rings is 1. The maximum absolute atomic E-state index is 8.90. The van der Waals surface area contributed by atoms with Gasteiger partial charge in [-0.1, -0.05) is 23.4 Å². The van der Waals surface area contributed by atoms with Gasteiger partial charge in [0.05, 0.1) is 18.0 Å². The lowest BCUT2D eigenvalue weighted by Crippen LogP contribution is -2.12. The maximum Gasteiger partial charge on any atom is 0.119 e. The van der Waals surface area contributed by atoms with E-state index in [2.05, 4.69) is 10.3 Å². The summed E-state index contributed by atoms with van der Waals surface area (Å²) < 4.78 is 7.48. The zero-order valence-corrected chi connectivity index (χ0v) is 11.4. The molecule has 108 valence electrons. The van der Waals surface area contributed by atoms with Crippen LogP contribution in [0.5, 0.6) is 5.75 Å². The normalized spacial score (nSPS) is 10.7. The number of aromatic nitrogens is 3. The van der Waals surface area contributed by atoms with Crippen LogP contribution in [0.1, 0.15) is 17.8 Å². The van der Waals surface area contributed by atoms with Gasteiger partial charge in [0, 0.05) is 26.1 Å². The zero-order chi connectivity index (χ0) is 14.2. The van der Waals surface area contributed by atoms with Crippen LogP contribution >= 0.6 is 0 Å². The Balaban J connectivity index is 1.95. The first-order chi connectivity index (χ1) is 9.85. The van der Waals surface area contributed by atoms with Crippen LogP contribution in [0.2, 0.25) is 0 Å². The van der Waals surface area contributed by atoms with E-state index < -0.39 is 0 Å². The lowest BCUT2D eigenvalue weighted by Gasteiger charge is -2.09. The number of hydrogen-bond donors (Lipinski definition) is 2. The van der Waals surface area contributed by atoms with Crippen molar-refractivity contribution in [2.75, 3.05) is 13.2 Å². The van der Waals surface area contributed by atoms with E-state index >= 15 is 0 Å². The van der Waals surface area contributed by atoms with Gasteiger partial charge in [0.15, 0.2) is 0 Å². The topological polar surface area (TPSA) is 86.2 Å². The van der Waals surface area contributed by atoms with Crippen LogP contribution in [0.4, 0.5) is 0 Å². The van der Waals surface area contributed by atoms with Gasteiger partial charge in [-0.3, -0.25) is 0 Å². The summed E-state index contributed by atoms with van der Waals surface area (Å²) in [6.07, 6.45) is 1.35. The Bertz CT molecular complexity index is 513. The van der Waals surface area contributed by atoms with Gasteiger partial charge in [-0.2, -0.15) is 0 Å². The molecular formula is C14H20N4O2. The SMILES string of the molecule is NCc1nnn(CCCO)c1CCOc1ccccc1. The molecule has 0 aliphatic heterocycles. The molecule has 0 spiro atoms. The minimum atomic E-state index is 0.137. The minimum absolute atomic E-state index is 0.137. The molecule has 0 unspecified atom stereocenters. The number of para-hydroxylation sites is 1. The predicted octanol–water partition coefficient (Wildman–Crippen LogP) is 0.741. The monoisotopic (exact) mass is 276 g/mol. The van der Waals surface area contributed by atoms with Crippen molar-refractivity contribution in [2.45, 2.75) is 25.9 Å². The summed E-state index contributed by atoms with van der Waals surface area (Å²) in [5.41, 5.74) is 7.44. The van der Waals surface area contributed by atoms with Gasteiger partial charge in [-0.15, -0.1) is 5.10 Å². The molecule has 0 saturated carbocycles. The van der Waals surface area contributed by atoms with Crippen molar-refractivity contribution in [1.29, 1.82) is 0 Å². The Kier molecular flexibility index (Phi) is 5.52. The van der Waals surface area contributed by atoms with Gasteiger partial charge < -0.3 is 15.6 Å². The average molecular weight is 276 g/mol. The smallest absolute Gasteiger partial charge is 0.119 e. The summed E-state index contributed by atoms with van der Waals surface area (Å²) in [5.74, 6) is 0.844. The van der Waals surface area contributed by atoms with Crippen LogP contribution in [0, 0.1) is 0 Å². The van der Waals surface area contributed by atoms with E-state index in [1.807, 2.05) is 30.3 Å². The molecule has 2 aromatic rings. The Morgan fingerprint density at radius 3 is 2.75 bits per heavy atom. The number of hydrogen-bond acceptors (Lipinski definition) is 5. The van der Waals surface area contributed by atoms with Crippen LogP contribution in [-0.4, -0.2) is 33.3 Å². The molecular weight excluding hydrogens is 256 g/mol. The summed E-state index contributed by atoms with van der Waals surface area (Å²) in [4.78, 5) is 0. The fraction of sp³-hybridized carbons (Fsp3) is 0.429. The highest BCUT2D eigenvalue weighted by atomic mass is 16.5. The van der Waals surface area contributed by atoms with E-state index in [9.17, 15) is 0 Å². The third kappa shape index (κ3) is 3.79. The molecule has 0 atom stereocenters. The van der Waals surface area contributed by atoms with Crippen molar-refractivity contribution in [1.82, 2.24) is 15.0 Å². The number of nitrogens with two attached hydrogens (primary N) is 1. The molecule has 0 bridgehead atoms. The number of aryl methyl sites for hydroxylation is 1. The second-order valence-corrected chi connectivity index (χ2v) is 4.40. The quantitative estimate of drug-likeness (QED) is 0.742. The van der Waals surface area contributed by atoms with E-state index in [0.717, 1.165) is 17.1 Å². The van der Waals surface area contributed by atoms with E-state index in [-0.39, 0.29) is 6.61 Å². The molecule has 0 fully saturated rings. The van der Waals surface area contributed by atoms with Crippen molar-refractivity contribution < 1.29 is 9.84 Å². The molecule has 0 amide bonds. The first-order valence-electron chi connectivity index (χ1n) is 6.75. The highest BCUT2D eigenvalue weighted by Crippen LogP contribution is 2.11. The van der Waals surface area contributed by atoms with Gasteiger partial charge >= 0.3 is 0 Å². The first kappa shape index (κ1) is 14.5. The van der Waals surface area contributed by atoms with E-state index in [1.54, 1.807) is 4.68 Å². The molecule has 6 nitrogen and oxygen atoms in total. The van der Waals surface area contributed by atoms with Crippen LogP contribution in [0.15, 0.2) is 30.3 Å². The average Bonchev–Trinajstić information content (AvgIpc) is 2.88. The predicted molar refractivity (Wildman–Crippen MR) is 75.3 cm³/mol. The first-order valence-corrected chi connectivity index (χ1v) is 6.75. The molecule has 20 heavy (non-hydrogen) atoms. The summed E-state index contributed by atoms with van der Waals surface area (Å²) >= 11 is 0. The van der Waals surface area contributed by atoms with Crippen LogP contribution in [0.3, 0.4) is 0 Å². The molecule has 0 radical (unpaired) electrons. The number of aliphatic hydroxyl groups excluding tert-OH is 1. The highest BCUT2D eigenvalue weighted by Gasteiger charge is 2.11. The van der Waals surface area contributed by atoms with E-state index in [1.165, 1.54) is 0 Å².